The van der Waals surface area contributed by atoms with Gasteiger partial charge in [0.2, 0.25) is 0 Å². The minimum atomic E-state index is -0.733. The van der Waals surface area contributed by atoms with Crippen molar-refractivity contribution in [3.05, 3.63) is 28.3 Å². The van der Waals surface area contributed by atoms with Crippen LogP contribution in [0.2, 0.25) is 5.02 Å². The number of carbonyl (C=O) groups excluding carboxylic acids is 2. The van der Waals surface area contributed by atoms with Gasteiger partial charge in [-0.3, -0.25) is 9.59 Å². The summed E-state index contributed by atoms with van der Waals surface area (Å²) in [6.45, 7) is 4.10. The van der Waals surface area contributed by atoms with Crippen LogP contribution in [0.5, 0.6) is 0 Å². The van der Waals surface area contributed by atoms with E-state index >= 15 is 0 Å². The van der Waals surface area contributed by atoms with Gasteiger partial charge in [-0.25, -0.2) is 0 Å². The zero-order valence-electron chi connectivity index (χ0n) is 10.8. The number of alkyl halides is 1. The van der Waals surface area contributed by atoms with Gasteiger partial charge in [0, 0.05) is 12.4 Å². The molecule has 0 saturated heterocycles. The van der Waals surface area contributed by atoms with Gasteiger partial charge in [0.05, 0.1) is 10.7 Å². The number of amides is 2. The van der Waals surface area contributed by atoms with Gasteiger partial charge in [0.1, 0.15) is 0 Å². The molecule has 0 aliphatic carbocycles. The molecule has 2 N–H and O–H groups in total. The lowest BCUT2D eigenvalue weighted by molar-refractivity contribution is -0.136. The molecule has 0 bridgehead atoms. The molecule has 0 unspecified atom stereocenters. The number of hydrogen-bond donors (Lipinski definition) is 2. The molecule has 0 aliphatic rings. The lowest BCUT2D eigenvalue weighted by atomic mass is 10.1. The van der Waals surface area contributed by atoms with Gasteiger partial charge in [-0.15, -0.1) is 11.6 Å². The third kappa shape index (κ3) is 4.73. The second-order valence-corrected chi connectivity index (χ2v) is 4.98. The molecule has 0 fully saturated rings. The molecule has 0 atom stereocenters. The molecule has 0 spiro atoms. The van der Waals surface area contributed by atoms with E-state index in [1.807, 2.05) is 19.9 Å². The van der Waals surface area contributed by atoms with E-state index in [4.69, 9.17) is 23.2 Å². The minimum Gasteiger partial charge on any atom is -0.348 e. The van der Waals surface area contributed by atoms with Gasteiger partial charge in [-0.05, 0) is 37.5 Å². The lowest BCUT2D eigenvalue weighted by Crippen LogP contribution is -2.36. The fourth-order valence-corrected chi connectivity index (χ4v) is 2.10. The molecule has 0 aromatic heterocycles. The average Bonchev–Trinajstić information content (AvgIpc) is 2.33. The van der Waals surface area contributed by atoms with Crippen LogP contribution in [0, 0.1) is 13.8 Å². The molecule has 1 aromatic carbocycles. The predicted octanol–water partition coefficient (Wildman–Crippen LogP) is 2.64. The SMILES string of the molecule is Cc1cc(C)c(NC(=O)C(=O)NCCCCl)c(Cl)c1. The molecule has 19 heavy (non-hydrogen) atoms. The third-order valence-corrected chi connectivity index (χ3v) is 3.04. The van der Waals surface area contributed by atoms with Gasteiger partial charge in [-0.1, -0.05) is 17.7 Å². The van der Waals surface area contributed by atoms with Crippen molar-refractivity contribution in [1.82, 2.24) is 5.32 Å². The van der Waals surface area contributed by atoms with Crippen LogP contribution in [0.15, 0.2) is 12.1 Å². The first-order chi connectivity index (χ1) is 8.95. The predicted molar refractivity (Wildman–Crippen MR) is 77.9 cm³/mol. The van der Waals surface area contributed by atoms with E-state index < -0.39 is 11.8 Å². The molecule has 0 aliphatic heterocycles. The summed E-state index contributed by atoms with van der Waals surface area (Å²) in [5.41, 5.74) is 2.27. The number of carbonyl (C=O) groups is 2. The van der Waals surface area contributed by atoms with Crippen LogP contribution in [0.1, 0.15) is 17.5 Å². The van der Waals surface area contributed by atoms with Crippen molar-refractivity contribution in [2.45, 2.75) is 20.3 Å². The Morgan fingerprint density at radius 1 is 1.21 bits per heavy atom. The molecular weight excluding hydrogens is 287 g/mol. The highest BCUT2D eigenvalue weighted by Gasteiger charge is 2.16. The van der Waals surface area contributed by atoms with Gasteiger partial charge in [0.15, 0.2) is 0 Å². The summed E-state index contributed by atoms with van der Waals surface area (Å²) in [7, 11) is 0. The fraction of sp³-hybridized carbons (Fsp3) is 0.385. The lowest BCUT2D eigenvalue weighted by Gasteiger charge is -2.11. The minimum absolute atomic E-state index is 0.371. The Balaban J connectivity index is 2.69. The second kappa shape index (κ2) is 7.36. The summed E-state index contributed by atoms with van der Waals surface area (Å²) >= 11 is 11.5. The molecule has 104 valence electrons. The largest absolute Gasteiger partial charge is 0.348 e. The maximum atomic E-state index is 11.7. The Hall–Kier alpha value is -1.26. The number of rotatable bonds is 4. The number of benzene rings is 1. The molecule has 1 rings (SSSR count). The van der Waals surface area contributed by atoms with E-state index in [1.165, 1.54) is 0 Å². The van der Waals surface area contributed by atoms with Crippen molar-refractivity contribution >= 4 is 40.7 Å². The zero-order chi connectivity index (χ0) is 14.4. The van der Waals surface area contributed by atoms with E-state index in [0.717, 1.165) is 11.1 Å². The monoisotopic (exact) mass is 302 g/mol. The molecule has 4 nitrogen and oxygen atoms in total. The molecule has 2 amide bonds. The number of halogens is 2. The molecule has 6 heteroatoms. The summed E-state index contributed by atoms with van der Waals surface area (Å²) in [5.74, 6) is -0.991. The summed E-state index contributed by atoms with van der Waals surface area (Å²) in [6.07, 6.45) is 0.616. The van der Waals surface area contributed by atoms with Crippen LogP contribution in [0.3, 0.4) is 0 Å². The molecule has 0 saturated carbocycles. The van der Waals surface area contributed by atoms with Crippen molar-refractivity contribution in [2.75, 3.05) is 17.7 Å². The van der Waals surface area contributed by atoms with Gasteiger partial charge in [0.25, 0.3) is 0 Å². The van der Waals surface area contributed by atoms with E-state index in [0.29, 0.717) is 29.6 Å². The quantitative estimate of drug-likeness (QED) is 0.510. The normalized spacial score (nSPS) is 10.1. The fourth-order valence-electron chi connectivity index (χ4n) is 1.59. The van der Waals surface area contributed by atoms with Crippen molar-refractivity contribution in [3.8, 4) is 0 Å². The number of aryl methyl sites for hydroxylation is 2. The summed E-state index contributed by atoms with van der Waals surface area (Å²) in [6, 6.07) is 3.61. The number of anilines is 1. The topological polar surface area (TPSA) is 58.2 Å². The van der Waals surface area contributed by atoms with Gasteiger partial charge < -0.3 is 10.6 Å². The Labute approximate surface area is 122 Å². The van der Waals surface area contributed by atoms with E-state index in [-0.39, 0.29) is 0 Å². The van der Waals surface area contributed by atoms with Gasteiger partial charge in [-0.2, -0.15) is 0 Å². The highest BCUT2D eigenvalue weighted by atomic mass is 35.5. The third-order valence-electron chi connectivity index (χ3n) is 2.47. The Kier molecular flexibility index (Phi) is 6.12. The second-order valence-electron chi connectivity index (χ2n) is 4.19. The highest BCUT2D eigenvalue weighted by molar-refractivity contribution is 6.41. The molecular formula is C13H16Cl2N2O2. The first-order valence-electron chi connectivity index (χ1n) is 5.87. The van der Waals surface area contributed by atoms with Crippen LogP contribution >= 0.6 is 23.2 Å². The summed E-state index contributed by atoms with van der Waals surface area (Å²) < 4.78 is 0. The summed E-state index contributed by atoms with van der Waals surface area (Å²) in [4.78, 5) is 23.2. The van der Waals surface area contributed by atoms with Crippen LogP contribution in [0.25, 0.3) is 0 Å². The van der Waals surface area contributed by atoms with E-state index in [2.05, 4.69) is 10.6 Å². The van der Waals surface area contributed by atoms with Crippen LogP contribution < -0.4 is 10.6 Å². The Morgan fingerprint density at radius 2 is 1.89 bits per heavy atom. The molecule has 0 radical (unpaired) electrons. The number of hydrogen-bond acceptors (Lipinski definition) is 2. The van der Waals surface area contributed by atoms with Crippen LogP contribution in [-0.2, 0) is 9.59 Å². The first kappa shape index (κ1) is 15.8. The van der Waals surface area contributed by atoms with E-state index in [9.17, 15) is 9.59 Å². The zero-order valence-corrected chi connectivity index (χ0v) is 12.4. The molecule has 1 aromatic rings. The van der Waals surface area contributed by atoms with Crippen molar-refractivity contribution in [2.24, 2.45) is 0 Å². The standard InChI is InChI=1S/C13H16Cl2N2O2/c1-8-6-9(2)11(10(15)7-8)17-13(19)12(18)16-5-3-4-14/h6-7H,3-5H2,1-2H3,(H,16,18)(H,17,19). The number of nitrogens with one attached hydrogen (secondary N) is 2. The Morgan fingerprint density at radius 3 is 2.47 bits per heavy atom. The van der Waals surface area contributed by atoms with Crippen molar-refractivity contribution in [1.29, 1.82) is 0 Å². The van der Waals surface area contributed by atoms with Crippen LogP contribution in [0.4, 0.5) is 5.69 Å². The maximum absolute atomic E-state index is 11.7. The molecule has 0 heterocycles. The van der Waals surface area contributed by atoms with E-state index in [1.54, 1.807) is 6.07 Å². The average molecular weight is 303 g/mol. The smallest absolute Gasteiger partial charge is 0.313 e. The maximum Gasteiger partial charge on any atom is 0.313 e. The van der Waals surface area contributed by atoms with Crippen molar-refractivity contribution < 1.29 is 9.59 Å². The first-order valence-corrected chi connectivity index (χ1v) is 6.79. The van der Waals surface area contributed by atoms with Crippen LogP contribution in [-0.4, -0.2) is 24.2 Å². The summed E-state index contributed by atoms with van der Waals surface area (Å²) in [5, 5.41) is 5.41. The van der Waals surface area contributed by atoms with Crippen molar-refractivity contribution in [3.63, 3.8) is 0 Å². The van der Waals surface area contributed by atoms with Gasteiger partial charge >= 0.3 is 11.8 Å². The highest BCUT2D eigenvalue weighted by Crippen LogP contribution is 2.27. The Bertz CT molecular complexity index is 467.